The average Bonchev–Trinajstić information content (AvgIpc) is 3.27. The quantitative estimate of drug-likeness (QED) is 0.336. The SMILES string of the molecule is C[C@@]12C[C@@H]([C@@]3(O)CC[C@H]4[C@@H]5C[C@H](O)[C@]6(O)[C@@H](O)C=CC(=O)[C@]6(C)[C@H]5CC[C@@]43C)[C@@H](C1)OC(=O)[C@]2(C)O. The molecule has 13 atom stereocenters. The molecule has 0 radical (unpaired) electrons. The lowest BCUT2D eigenvalue weighted by molar-refractivity contribution is -0.264. The number of ether oxygens (including phenoxy) is 1. The minimum atomic E-state index is -1.94. The summed E-state index contributed by atoms with van der Waals surface area (Å²) in [6, 6.07) is 0. The van der Waals surface area contributed by atoms with E-state index in [1.165, 1.54) is 19.1 Å². The lowest BCUT2D eigenvalue weighted by atomic mass is 9.42. The molecule has 36 heavy (non-hydrogen) atoms. The van der Waals surface area contributed by atoms with Gasteiger partial charge in [0.25, 0.3) is 0 Å². The van der Waals surface area contributed by atoms with Crippen molar-refractivity contribution >= 4 is 11.8 Å². The molecule has 6 rings (SSSR count). The molecule has 200 valence electrons. The monoisotopic (exact) mass is 504 g/mol. The van der Waals surface area contributed by atoms with E-state index >= 15 is 0 Å². The molecular formula is C28H40O8. The number of hydrogen-bond acceptors (Lipinski definition) is 8. The Bertz CT molecular complexity index is 1050. The van der Waals surface area contributed by atoms with Gasteiger partial charge in [-0.3, -0.25) is 4.79 Å². The Hall–Kier alpha value is -1.32. The number of aliphatic hydroxyl groups excluding tert-OH is 2. The number of ketones is 1. The van der Waals surface area contributed by atoms with Crippen molar-refractivity contribution in [2.45, 2.75) is 108 Å². The van der Waals surface area contributed by atoms with Gasteiger partial charge in [0.15, 0.2) is 11.4 Å². The first-order valence-electron chi connectivity index (χ1n) is 13.5. The summed E-state index contributed by atoms with van der Waals surface area (Å²) in [6.07, 6.45) is 3.22. The number of esters is 1. The van der Waals surface area contributed by atoms with Crippen LogP contribution in [0.25, 0.3) is 0 Å². The molecule has 1 heterocycles. The lowest BCUT2D eigenvalue weighted by Crippen LogP contribution is -2.74. The highest BCUT2D eigenvalue weighted by atomic mass is 16.6. The zero-order chi connectivity index (χ0) is 26.3. The van der Waals surface area contributed by atoms with Crippen LogP contribution < -0.4 is 0 Å². The zero-order valence-electron chi connectivity index (χ0n) is 21.6. The van der Waals surface area contributed by atoms with Gasteiger partial charge in [0.05, 0.1) is 17.1 Å². The molecule has 6 aliphatic rings. The predicted octanol–water partition coefficient (Wildman–Crippen LogP) is 1.25. The molecule has 0 spiro atoms. The maximum absolute atomic E-state index is 13.3. The highest BCUT2D eigenvalue weighted by molar-refractivity contribution is 5.97. The van der Waals surface area contributed by atoms with Crippen molar-refractivity contribution in [3.63, 3.8) is 0 Å². The smallest absolute Gasteiger partial charge is 0.338 e. The van der Waals surface area contributed by atoms with Crippen LogP contribution in [-0.4, -0.2) is 72.4 Å². The number of carbonyl (C=O) groups excluding carboxylic acids is 2. The van der Waals surface area contributed by atoms with E-state index in [9.17, 15) is 35.1 Å². The fourth-order valence-electron chi connectivity index (χ4n) is 10.2. The van der Waals surface area contributed by atoms with Crippen LogP contribution in [0.4, 0.5) is 0 Å². The molecule has 5 N–H and O–H groups in total. The zero-order valence-corrected chi connectivity index (χ0v) is 21.6. The van der Waals surface area contributed by atoms with Gasteiger partial charge in [-0.05, 0) is 94.1 Å². The Morgan fingerprint density at radius 3 is 2.28 bits per heavy atom. The highest BCUT2D eigenvalue weighted by Gasteiger charge is 2.75. The van der Waals surface area contributed by atoms with Gasteiger partial charge in [0, 0.05) is 11.3 Å². The Kier molecular flexibility index (Phi) is 4.86. The van der Waals surface area contributed by atoms with E-state index < -0.39 is 57.3 Å². The van der Waals surface area contributed by atoms with Crippen LogP contribution in [0.5, 0.6) is 0 Å². The fraction of sp³-hybridized carbons (Fsp3) is 0.857. The Balaban J connectivity index is 1.37. The van der Waals surface area contributed by atoms with Crippen LogP contribution in [0.1, 0.15) is 72.6 Å². The van der Waals surface area contributed by atoms with Crippen molar-refractivity contribution in [3.05, 3.63) is 12.2 Å². The molecule has 8 heteroatoms. The summed E-state index contributed by atoms with van der Waals surface area (Å²) in [5.74, 6) is -1.56. The van der Waals surface area contributed by atoms with E-state index in [-0.39, 0.29) is 35.9 Å². The van der Waals surface area contributed by atoms with Crippen molar-refractivity contribution in [3.8, 4) is 0 Å². The number of hydrogen-bond donors (Lipinski definition) is 5. The molecule has 0 aromatic carbocycles. The van der Waals surface area contributed by atoms with E-state index in [2.05, 4.69) is 6.92 Å². The first-order chi connectivity index (χ1) is 16.6. The van der Waals surface area contributed by atoms with Gasteiger partial charge in [0.2, 0.25) is 0 Å². The molecular weight excluding hydrogens is 464 g/mol. The maximum Gasteiger partial charge on any atom is 0.338 e. The van der Waals surface area contributed by atoms with Crippen LogP contribution >= 0.6 is 0 Å². The maximum atomic E-state index is 13.3. The molecule has 1 aliphatic heterocycles. The van der Waals surface area contributed by atoms with Gasteiger partial charge < -0.3 is 30.3 Å². The molecule has 8 nitrogen and oxygen atoms in total. The van der Waals surface area contributed by atoms with Gasteiger partial charge in [-0.25, -0.2) is 4.79 Å². The minimum Gasteiger partial charge on any atom is -0.460 e. The summed E-state index contributed by atoms with van der Waals surface area (Å²) in [6.45, 7) is 7.20. The topological polar surface area (TPSA) is 145 Å². The summed E-state index contributed by atoms with van der Waals surface area (Å²) >= 11 is 0. The van der Waals surface area contributed by atoms with Crippen LogP contribution in [0.15, 0.2) is 12.2 Å². The molecule has 2 bridgehead atoms. The van der Waals surface area contributed by atoms with Gasteiger partial charge >= 0.3 is 5.97 Å². The van der Waals surface area contributed by atoms with Crippen LogP contribution in [0, 0.1) is 39.9 Å². The van der Waals surface area contributed by atoms with E-state index in [4.69, 9.17) is 4.74 Å². The second kappa shape index (κ2) is 7.00. The number of fused-ring (bicyclic) bond motifs is 7. The fourth-order valence-corrected chi connectivity index (χ4v) is 10.2. The normalized spacial score (nSPS) is 61.9. The second-order valence-electron chi connectivity index (χ2n) is 13.8. The Morgan fingerprint density at radius 1 is 0.917 bits per heavy atom. The number of aliphatic hydroxyl groups is 5. The first kappa shape index (κ1) is 25.0. The van der Waals surface area contributed by atoms with E-state index in [1.54, 1.807) is 6.92 Å². The van der Waals surface area contributed by atoms with Crippen LogP contribution in [0.3, 0.4) is 0 Å². The van der Waals surface area contributed by atoms with Gasteiger partial charge in [0.1, 0.15) is 17.8 Å². The number of carbonyl (C=O) groups is 2. The molecule has 0 unspecified atom stereocenters. The van der Waals surface area contributed by atoms with Crippen molar-refractivity contribution in [1.29, 1.82) is 0 Å². The number of allylic oxidation sites excluding steroid dienone is 1. The molecule has 5 aliphatic carbocycles. The summed E-state index contributed by atoms with van der Waals surface area (Å²) in [5, 5.41) is 56.9. The first-order valence-corrected chi connectivity index (χ1v) is 13.5. The molecule has 0 aromatic heterocycles. The Labute approximate surface area is 211 Å². The van der Waals surface area contributed by atoms with Crippen molar-refractivity contribution in [2.24, 2.45) is 39.9 Å². The third kappa shape index (κ3) is 2.49. The summed E-state index contributed by atoms with van der Waals surface area (Å²) in [7, 11) is 0. The standard InChI is InChI=1S/C28H40O8/c1-23-12-17(18(13-23)36-22(32)26(23,4)33)27(34)10-8-15-14-11-21(31)28(35)20(30)6-5-19(29)25(28,3)16(14)7-9-24(15,27)2/h5-6,14-18,20-21,30-31,33-35H,7-13H2,1-4H3/t14-,15-,16-,17+,18+,20-,21-,23+,24-,25-,26-,27-,28+/m0/s1. The molecule has 0 aromatic rings. The van der Waals surface area contributed by atoms with E-state index in [0.29, 0.717) is 38.5 Å². The average molecular weight is 505 g/mol. The summed E-state index contributed by atoms with van der Waals surface area (Å²) in [4.78, 5) is 25.9. The minimum absolute atomic E-state index is 0.00223. The van der Waals surface area contributed by atoms with E-state index in [0.717, 1.165) is 0 Å². The highest BCUT2D eigenvalue weighted by Crippen LogP contribution is 2.71. The van der Waals surface area contributed by atoms with Gasteiger partial charge in [-0.2, -0.15) is 0 Å². The summed E-state index contributed by atoms with van der Waals surface area (Å²) < 4.78 is 5.72. The van der Waals surface area contributed by atoms with Crippen LogP contribution in [0.2, 0.25) is 0 Å². The second-order valence-corrected chi connectivity index (χ2v) is 13.8. The van der Waals surface area contributed by atoms with Gasteiger partial charge in [-0.15, -0.1) is 0 Å². The molecule has 1 saturated heterocycles. The third-order valence-corrected chi connectivity index (χ3v) is 12.8. The third-order valence-electron chi connectivity index (χ3n) is 12.8. The molecule has 5 fully saturated rings. The number of rotatable bonds is 1. The lowest BCUT2D eigenvalue weighted by Gasteiger charge is -2.64. The Morgan fingerprint density at radius 2 is 1.58 bits per heavy atom. The predicted molar refractivity (Wildman–Crippen MR) is 127 cm³/mol. The molecule has 0 amide bonds. The largest absolute Gasteiger partial charge is 0.460 e. The van der Waals surface area contributed by atoms with Crippen LogP contribution in [-0.2, 0) is 14.3 Å². The summed E-state index contributed by atoms with van der Waals surface area (Å²) in [5.41, 5.74) is -7.21. The van der Waals surface area contributed by atoms with E-state index in [1.807, 2.05) is 6.92 Å². The van der Waals surface area contributed by atoms with Crippen molar-refractivity contribution < 1.29 is 39.9 Å². The van der Waals surface area contributed by atoms with Gasteiger partial charge in [-0.1, -0.05) is 13.8 Å². The molecule has 4 saturated carbocycles. The van der Waals surface area contributed by atoms with Crippen molar-refractivity contribution in [2.75, 3.05) is 0 Å². The van der Waals surface area contributed by atoms with Crippen molar-refractivity contribution in [1.82, 2.24) is 0 Å².